The van der Waals surface area contributed by atoms with Crippen LogP contribution in [-0.4, -0.2) is 49.3 Å². The van der Waals surface area contributed by atoms with Crippen molar-refractivity contribution in [1.29, 1.82) is 0 Å². The lowest BCUT2D eigenvalue weighted by Gasteiger charge is -2.26. The van der Waals surface area contributed by atoms with Gasteiger partial charge in [0.25, 0.3) is 11.8 Å². The fourth-order valence-electron chi connectivity index (χ4n) is 3.70. The zero-order chi connectivity index (χ0) is 24.7. The normalized spacial score (nSPS) is 15.0. The van der Waals surface area contributed by atoms with Crippen molar-refractivity contribution in [2.45, 2.75) is 38.2 Å². The van der Waals surface area contributed by atoms with Crippen LogP contribution in [-0.2, 0) is 25.3 Å². The molecule has 1 N–H and O–H groups in total. The van der Waals surface area contributed by atoms with Gasteiger partial charge in [-0.3, -0.25) is 19.3 Å². The van der Waals surface area contributed by atoms with E-state index in [2.05, 4.69) is 4.72 Å². The summed E-state index contributed by atoms with van der Waals surface area (Å²) in [5.74, 6) is -2.42. The third-order valence-electron chi connectivity index (χ3n) is 5.13. The van der Waals surface area contributed by atoms with E-state index in [9.17, 15) is 22.8 Å². The molecule has 10 heteroatoms. The van der Waals surface area contributed by atoms with Gasteiger partial charge in [-0.1, -0.05) is 18.2 Å². The lowest BCUT2D eigenvalue weighted by Crippen LogP contribution is -2.51. The van der Waals surface area contributed by atoms with Crippen LogP contribution in [0.5, 0.6) is 0 Å². The third kappa shape index (κ3) is 5.19. The van der Waals surface area contributed by atoms with E-state index in [1.54, 1.807) is 56.4 Å². The monoisotopic (exact) mass is 500 g/mol. The molecule has 0 fully saturated rings. The zero-order valence-electron chi connectivity index (χ0n) is 18.9. The number of fused-ring (bicyclic) bond motifs is 2. The van der Waals surface area contributed by atoms with Crippen molar-refractivity contribution in [3.63, 3.8) is 0 Å². The van der Waals surface area contributed by atoms with Crippen molar-refractivity contribution in [3.05, 3.63) is 70.6 Å². The summed E-state index contributed by atoms with van der Waals surface area (Å²) in [4.78, 5) is 39.3. The number of imide groups is 1. The fraction of sp³-hybridized carbons (Fsp3) is 0.292. The van der Waals surface area contributed by atoms with Crippen molar-refractivity contribution < 1.29 is 27.5 Å². The number of hydrogen-bond donors (Lipinski definition) is 1. The molecule has 2 heterocycles. The maximum atomic E-state index is 13.0. The molecular weight excluding hydrogens is 476 g/mol. The molecule has 2 amide bonds. The maximum Gasteiger partial charge on any atom is 0.326 e. The number of esters is 1. The summed E-state index contributed by atoms with van der Waals surface area (Å²) in [5, 5.41) is 2.84. The molecule has 4 rings (SSSR count). The van der Waals surface area contributed by atoms with Crippen LogP contribution in [0.15, 0.2) is 53.9 Å². The number of hydrogen-bond acceptors (Lipinski definition) is 7. The van der Waals surface area contributed by atoms with Gasteiger partial charge in [-0.05, 0) is 67.4 Å². The third-order valence-corrected chi connectivity index (χ3v) is 7.38. The van der Waals surface area contributed by atoms with Gasteiger partial charge in [0.2, 0.25) is 10.0 Å². The highest BCUT2D eigenvalue weighted by molar-refractivity contribution is 7.88. The molecule has 3 aromatic rings. The number of ether oxygens (including phenoxy) is 1. The first-order valence-corrected chi connectivity index (χ1v) is 13.1. The number of nitrogens with one attached hydrogen (secondary N) is 1. The lowest BCUT2D eigenvalue weighted by molar-refractivity contribution is -0.157. The second-order valence-corrected chi connectivity index (χ2v) is 11.7. The van der Waals surface area contributed by atoms with E-state index in [1.807, 2.05) is 17.5 Å². The minimum absolute atomic E-state index is 0.211. The summed E-state index contributed by atoms with van der Waals surface area (Å²) >= 11 is 1.55. The average molecular weight is 501 g/mol. The Morgan fingerprint density at radius 1 is 1.06 bits per heavy atom. The van der Waals surface area contributed by atoms with Crippen LogP contribution in [0, 0.1) is 0 Å². The molecule has 1 aliphatic rings. The highest BCUT2D eigenvalue weighted by Gasteiger charge is 2.40. The number of carbonyl (C=O) groups is 3. The van der Waals surface area contributed by atoms with Crippen molar-refractivity contribution in [2.24, 2.45) is 0 Å². The minimum Gasteiger partial charge on any atom is -0.459 e. The van der Waals surface area contributed by atoms with Gasteiger partial charge < -0.3 is 4.74 Å². The van der Waals surface area contributed by atoms with E-state index in [1.165, 1.54) is 12.1 Å². The van der Waals surface area contributed by atoms with E-state index in [0.717, 1.165) is 15.0 Å². The maximum absolute atomic E-state index is 13.0. The Hall–Kier alpha value is -3.08. The molecule has 1 aliphatic heterocycles. The largest absolute Gasteiger partial charge is 0.459 e. The van der Waals surface area contributed by atoms with Crippen LogP contribution in [0.3, 0.4) is 0 Å². The first-order valence-electron chi connectivity index (χ1n) is 10.6. The summed E-state index contributed by atoms with van der Waals surface area (Å²) in [7, 11) is -4.03. The van der Waals surface area contributed by atoms with E-state index >= 15 is 0 Å². The Balaban J connectivity index is 1.57. The molecule has 178 valence electrons. The Bertz CT molecular complexity index is 1350. The summed E-state index contributed by atoms with van der Waals surface area (Å²) in [6.07, 6.45) is 0. The predicted octanol–water partition coefficient (Wildman–Crippen LogP) is 3.33. The molecule has 0 saturated heterocycles. The molecule has 0 aliphatic carbocycles. The number of sulfonamides is 1. The number of benzene rings is 2. The van der Waals surface area contributed by atoms with Gasteiger partial charge >= 0.3 is 5.97 Å². The molecule has 34 heavy (non-hydrogen) atoms. The number of carbonyl (C=O) groups excluding carboxylic acids is 3. The molecule has 0 bridgehead atoms. The number of rotatable bonds is 7. The van der Waals surface area contributed by atoms with Crippen LogP contribution in [0.2, 0.25) is 0 Å². The highest BCUT2D eigenvalue weighted by Crippen LogP contribution is 2.24. The quantitative estimate of drug-likeness (QED) is 0.394. The zero-order valence-corrected chi connectivity index (χ0v) is 20.5. The topological polar surface area (TPSA) is 110 Å². The smallest absolute Gasteiger partial charge is 0.326 e. The van der Waals surface area contributed by atoms with E-state index in [-0.39, 0.29) is 16.9 Å². The van der Waals surface area contributed by atoms with Gasteiger partial charge in [-0.25, -0.2) is 8.42 Å². The van der Waals surface area contributed by atoms with Crippen molar-refractivity contribution >= 4 is 49.2 Å². The van der Waals surface area contributed by atoms with Gasteiger partial charge in [0.15, 0.2) is 0 Å². The number of thiophene rings is 1. The molecule has 0 saturated carbocycles. The van der Waals surface area contributed by atoms with Crippen molar-refractivity contribution in [3.8, 4) is 0 Å². The van der Waals surface area contributed by atoms with Crippen molar-refractivity contribution in [1.82, 2.24) is 9.62 Å². The Morgan fingerprint density at radius 3 is 2.32 bits per heavy atom. The Morgan fingerprint density at radius 2 is 1.71 bits per heavy atom. The molecule has 1 atom stereocenters. The first kappa shape index (κ1) is 24.1. The highest BCUT2D eigenvalue weighted by atomic mass is 32.2. The van der Waals surface area contributed by atoms with E-state index < -0.39 is 46.0 Å². The second kappa shape index (κ2) is 8.94. The SMILES string of the molecule is CC(C)(C)OC(=O)C(CN1C(=O)c2ccccc2C1=O)NS(=O)(=O)Cc1ccc2sccc2c1. The minimum atomic E-state index is -4.03. The van der Waals surface area contributed by atoms with Gasteiger partial charge in [0.05, 0.1) is 23.4 Å². The van der Waals surface area contributed by atoms with E-state index in [4.69, 9.17) is 4.74 Å². The van der Waals surface area contributed by atoms with Gasteiger partial charge in [-0.2, -0.15) is 4.72 Å². The van der Waals surface area contributed by atoms with Crippen LogP contribution in [0.4, 0.5) is 0 Å². The average Bonchev–Trinajstić information content (AvgIpc) is 3.30. The summed E-state index contributed by atoms with van der Waals surface area (Å²) in [5.41, 5.74) is 0.0685. The second-order valence-electron chi connectivity index (χ2n) is 9.02. The van der Waals surface area contributed by atoms with Crippen LogP contribution in [0.1, 0.15) is 47.1 Å². The summed E-state index contributed by atoms with van der Waals surface area (Å²) in [6.45, 7) is 4.46. The first-order chi connectivity index (χ1) is 15.9. The van der Waals surface area contributed by atoms with Gasteiger partial charge in [0.1, 0.15) is 11.6 Å². The Kier molecular flexibility index (Phi) is 6.32. The van der Waals surface area contributed by atoms with Gasteiger partial charge in [0, 0.05) is 4.70 Å². The fourth-order valence-corrected chi connectivity index (χ4v) is 5.78. The Labute approximate surface area is 201 Å². The number of amides is 2. The van der Waals surface area contributed by atoms with Crippen LogP contribution in [0.25, 0.3) is 10.1 Å². The van der Waals surface area contributed by atoms with E-state index in [0.29, 0.717) is 5.56 Å². The molecule has 1 aromatic heterocycles. The molecule has 0 spiro atoms. The molecule has 8 nitrogen and oxygen atoms in total. The van der Waals surface area contributed by atoms with Crippen LogP contribution < -0.4 is 4.72 Å². The van der Waals surface area contributed by atoms with Crippen molar-refractivity contribution in [2.75, 3.05) is 6.54 Å². The predicted molar refractivity (Wildman–Crippen MR) is 129 cm³/mol. The molecule has 2 aromatic carbocycles. The number of nitrogens with zero attached hydrogens (tertiary/aromatic N) is 1. The molecule has 0 radical (unpaired) electrons. The van der Waals surface area contributed by atoms with Gasteiger partial charge in [-0.15, -0.1) is 11.3 Å². The standard InChI is InChI=1S/C24H24N2O6S2/c1-24(2,3)32-23(29)19(13-26-21(27)17-6-4-5-7-18(17)22(26)28)25-34(30,31)14-15-8-9-20-16(12-15)10-11-33-20/h4-12,19,25H,13-14H2,1-3H3. The molecule has 1 unspecified atom stereocenters. The van der Waals surface area contributed by atoms with Crippen LogP contribution >= 0.6 is 11.3 Å². The lowest BCUT2D eigenvalue weighted by atomic mass is 10.1. The molecular formula is C24H24N2O6S2. The summed E-state index contributed by atoms with van der Waals surface area (Å²) in [6, 6.07) is 12.1. The summed E-state index contributed by atoms with van der Waals surface area (Å²) < 4.78 is 34.8.